The lowest BCUT2D eigenvalue weighted by molar-refractivity contribution is -0.127. The van der Waals surface area contributed by atoms with Gasteiger partial charge in [0.05, 0.1) is 10.2 Å². The van der Waals surface area contributed by atoms with E-state index in [2.05, 4.69) is 4.98 Å². The number of likely N-dealkylation sites (tertiary alicyclic amines) is 1. The van der Waals surface area contributed by atoms with E-state index in [1.54, 1.807) is 4.90 Å². The van der Waals surface area contributed by atoms with Crippen LogP contribution in [0.15, 0.2) is 24.3 Å². The van der Waals surface area contributed by atoms with Crippen LogP contribution >= 0.6 is 11.3 Å². The quantitative estimate of drug-likeness (QED) is 0.624. The van der Waals surface area contributed by atoms with E-state index < -0.39 is 11.7 Å². The molecule has 98 valence electrons. The number of benzene rings is 1. The van der Waals surface area contributed by atoms with Gasteiger partial charge >= 0.3 is 0 Å². The van der Waals surface area contributed by atoms with Crippen LogP contribution in [0, 0.1) is 0 Å². The van der Waals surface area contributed by atoms with E-state index in [0.29, 0.717) is 18.1 Å². The molecule has 1 aliphatic rings. The molecule has 0 radical (unpaired) electrons. The number of piperidine rings is 1. The van der Waals surface area contributed by atoms with Crippen molar-refractivity contribution in [1.29, 1.82) is 0 Å². The largest absolute Gasteiger partial charge is 0.336 e. The zero-order valence-electron chi connectivity index (χ0n) is 10.5. The molecule has 1 saturated heterocycles. The summed E-state index contributed by atoms with van der Waals surface area (Å²) >= 11 is 1.29. The molecule has 4 nitrogen and oxygen atoms in total. The first-order valence-corrected chi connectivity index (χ1v) is 7.26. The van der Waals surface area contributed by atoms with E-state index in [1.807, 2.05) is 24.3 Å². The Morgan fingerprint density at radius 1 is 1.11 bits per heavy atom. The van der Waals surface area contributed by atoms with Gasteiger partial charge in [-0.05, 0) is 31.4 Å². The molecule has 3 rings (SSSR count). The summed E-state index contributed by atoms with van der Waals surface area (Å²) in [6.45, 7) is 1.38. The van der Waals surface area contributed by atoms with Crippen molar-refractivity contribution < 1.29 is 9.59 Å². The van der Waals surface area contributed by atoms with Crippen molar-refractivity contribution in [3.63, 3.8) is 0 Å². The number of aromatic nitrogens is 1. The Morgan fingerprint density at radius 3 is 2.58 bits per heavy atom. The SMILES string of the molecule is O=C(C(=O)N1CCCCC1)c1nc2ccccc2s1. The van der Waals surface area contributed by atoms with Crippen molar-refractivity contribution in [2.75, 3.05) is 13.1 Å². The molecule has 1 fully saturated rings. The summed E-state index contributed by atoms with van der Waals surface area (Å²) in [4.78, 5) is 30.2. The van der Waals surface area contributed by atoms with Crippen molar-refractivity contribution in [1.82, 2.24) is 9.88 Å². The Labute approximate surface area is 115 Å². The fourth-order valence-electron chi connectivity index (χ4n) is 2.30. The molecular weight excluding hydrogens is 260 g/mol. The highest BCUT2D eigenvalue weighted by Crippen LogP contribution is 2.22. The number of Topliss-reactive ketones (excluding diaryl/α,β-unsaturated/α-hetero) is 1. The number of nitrogens with zero attached hydrogens (tertiary/aromatic N) is 2. The normalized spacial score (nSPS) is 15.7. The number of rotatable bonds is 2. The molecule has 0 N–H and O–H groups in total. The van der Waals surface area contributed by atoms with E-state index in [9.17, 15) is 9.59 Å². The number of thiazole rings is 1. The van der Waals surface area contributed by atoms with Gasteiger partial charge in [-0.3, -0.25) is 9.59 Å². The number of carbonyl (C=O) groups excluding carboxylic acids is 2. The van der Waals surface area contributed by atoms with Crippen molar-refractivity contribution in [2.24, 2.45) is 0 Å². The lowest BCUT2D eigenvalue weighted by atomic mass is 10.1. The molecule has 19 heavy (non-hydrogen) atoms. The first-order chi connectivity index (χ1) is 9.25. The predicted octanol–water partition coefficient (Wildman–Crippen LogP) is 2.49. The summed E-state index contributed by atoms with van der Waals surface area (Å²) in [5, 5.41) is 0.303. The van der Waals surface area contributed by atoms with Crippen molar-refractivity contribution >= 4 is 33.2 Å². The zero-order chi connectivity index (χ0) is 13.2. The van der Waals surface area contributed by atoms with Gasteiger partial charge in [0.25, 0.3) is 11.7 Å². The fraction of sp³-hybridized carbons (Fsp3) is 0.357. The molecule has 0 aliphatic carbocycles. The van der Waals surface area contributed by atoms with E-state index in [-0.39, 0.29) is 0 Å². The molecular formula is C14H14N2O2S. The number of fused-ring (bicyclic) bond motifs is 1. The first kappa shape index (κ1) is 12.3. The highest BCUT2D eigenvalue weighted by Gasteiger charge is 2.26. The van der Waals surface area contributed by atoms with Gasteiger partial charge < -0.3 is 4.90 Å². The van der Waals surface area contributed by atoms with Crippen LogP contribution in [0.4, 0.5) is 0 Å². The van der Waals surface area contributed by atoms with Gasteiger partial charge in [0, 0.05) is 13.1 Å². The lowest BCUT2D eigenvalue weighted by Crippen LogP contribution is -2.40. The molecule has 5 heteroatoms. The molecule has 1 aromatic heterocycles. The number of hydrogen-bond donors (Lipinski definition) is 0. The van der Waals surface area contributed by atoms with E-state index in [0.717, 1.165) is 29.5 Å². The van der Waals surface area contributed by atoms with Crippen LogP contribution in [0.3, 0.4) is 0 Å². The fourth-order valence-corrected chi connectivity index (χ4v) is 3.20. The molecule has 1 aromatic carbocycles. The number of hydrogen-bond acceptors (Lipinski definition) is 4. The maximum atomic E-state index is 12.2. The van der Waals surface area contributed by atoms with Gasteiger partial charge in [-0.25, -0.2) is 4.98 Å². The van der Waals surface area contributed by atoms with Crippen LogP contribution in [-0.4, -0.2) is 34.7 Å². The number of ketones is 1. The molecule has 1 amide bonds. The maximum Gasteiger partial charge on any atom is 0.297 e. The van der Waals surface area contributed by atoms with Gasteiger partial charge in [0.2, 0.25) is 0 Å². The summed E-state index contributed by atoms with van der Waals surface area (Å²) in [6.07, 6.45) is 3.11. The van der Waals surface area contributed by atoms with Crippen LogP contribution in [0.25, 0.3) is 10.2 Å². The average molecular weight is 274 g/mol. The highest BCUT2D eigenvalue weighted by molar-refractivity contribution is 7.20. The number of para-hydroxylation sites is 1. The third kappa shape index (κ3) is 2.38. The predicted molar refractivity (Wildman–Crippen MR) is 74.4 cm³/mol. The minimum absolute atomic E-state index is 0.303. The standard InChI is InChI=1S/C14H14N2O2S/c17-12(14(18)16-8-4-1-5-9-16)13-15-10-6-2-3-7-11(10)19-13/h2-3,6-7H,1,4-5,8-9H2. The minimum atomic E-state index is -0.469. The van der Waals surface area contributed by atoms with Crippen LogP contribution < -0.4 is 0 Å². The molecule has 2 heterocycles. The summed E-state index contributed by atoms with van der Waals surface area (Å²) in [5.41, 5.74) is 0.780. The van der Waals surface area contributed by atoms with E-state index >= 15 is 0 Å². The van der Waals surface area contributed by atoms with Gasteiger partial charge in [0.15, 0.2) is 5.01 Å². The Morgan fingerprint density at radius 2 is 1.84 bits per heavy atom. The third-order valence-electron chi connectivity index (χ3n) is 3.33. The number of carbonyl (C=O) groups is 2. The number of amides is 1. The summed E-state index contributed by atoms with van der Waals surface area (Å²) in [7, 11) is 0. The highest BCUT2D eigenvalue weighted by atomic mass is 32.1. The minimum Gasteiger partial charge on any atom is -0.336 e. The van der Waals surface area contributed by atoms with E-state index in [4.69, 9.17) is 0 Å². The van der Waals surface area contributed by atoms with Gasteiger partial charge in [-0.15, -0.1) is 11.3 Å². The second-order valence-electron chi connectivity index (χ2n) is 4.67. The van der Waals surface area contributed by atoms with Crippen LogP contribution in [0.2, 0.25) is 0 Å². The molecule has 0 atom stereocenters. The van der Waals surface area contributed by atoms with Crippen molar-refractivity contribution in [2.45, 2.75) is 19.3 Å². The van der Waals surface area contributed by atoms with Crippen molar-refractivity contribution in [3.05, 3.63) is 29.3 Å². The molecule has 1 aliphatic heterocycles. The molecule has 0 spiro atoms. The van der Waals surface area contributed by atoms with Gasteiger partial charge in [-0.1, -0.05) is 12.1 Å². The summed E-state index contributed by atoms with van der Waals surface area (Å²) in [5.74, 6) is -0.873. The summed E-state index contributed by atoms with van der Waals surface area (Å²) < 4.78 is 0.942. The molecule has 0 unspecified atom stereocenters. The molecule has 2 aromatic rings. The third-order valence-corrected chi connectivity index (χ3v) is 4.36. The smallest absolute Gasteiger partial charge is 0.297 e. The van der Waals surface area contributed by atoms with Crippen molar-refractivity contribution in [3.8, 4) is 0 Å². The molecule has 0 bridgehead atoms. The van der Waals surface area contributed by atoms with Gasteiger partial charge in [0.1, 0.15) is 0 Å². The van der Waals surface area contributed by atoms with Crippen LogP contribution in [-0.2, 0) is 4.79 Å². The van der Waals surface area contributed by atoms with Gasteiger partial charge in [-0.2, -0.15) is 0 Å². The van der Waals surface area contributed by atoms with Crippen LogP contribution in [0.1, 0.15) is 29.1 Å². The Hall–Kier alpha value is -1.75. The first-order valence-electron chi connectivity index (χ1n) is 6.45. The maximum absolute atomic E-state index is 12.2. The topological polar surface area (TPSA) is 50.3 Å². The second-order valence-corrected chi connectivity index (χ2v) is 5.70. The Bertz CT molecular complexity index is 596. The zero-order valence-corrected chi connectivity index (χ0v) is 11.3. The Balaban J connectivity index is 1.84. The monoisotopic (exact) mass is 274 g/mol. The molecule has 0 saturated carbocycles. The van der Waals surface area contributed by atoms with E-state index in [1.165, 1.54) is 11.3 Å². The van der Waals surface area contributed by atoms with Crippen LogP contribution in [0.5, 0.6) is 0 Å². The lowest BCUT2D eigenvalue weighted by Gasteiger charge is -2.25. The average Bonchev–Trinajstić information content (AvgIpc) is 2.90. The Kier molecular flexibility index (Phi) is 3.29. The second kappa shape index (κ2) is 5.09. The summed E-state index contributed by atoms with van der Waals surface area (Å²) in [6, 6.07) is 7.55.